The third-order valence-corrected chi connectivity index (χ3v) is 3.50. The second-order valence-corrected chi connectivity index (χ2v) is 5.00. The predicted octanol–water partition coefficient (Wildman–Crippen LogP) is 3.56. The van der Waals surface area contributed by atoms with Crippen LogP contribution >= 0.6 is 0 Å². The Morgan fingerprint density at radius 3 is 2.62 bits per heavy atom. The Balaban J connectivity index is 1.88. The molecule has 3 aromatic rings. The van der Waals surface area contributed by atoms with Crippen LogP contribution in [0.25, 0.3) is 17.0 Å². The van der Waals surface area contributed by atoms with Gasteiger partial charge in [0.1, 0.15) is 7.05 Å². The summed E-state index contributed by atoms with van der Waals surface area (Å²) in [5.41, 5.74) is 2.91. The van der Waals surface area contributed by atoms with E-state index in [2.05, 4.69) is 22.8 Å². The average molecular weight is 274 g/mol. The molecule has 2 heteroatoms. The van der Waals surface area contributed by atoms with Crippen LogP contribution in [0.3, 0.4) is 0 Å². The highest BCUT2D eigenvalue weighted by atomic mass is 16.1. The highest BCUT2D eigenvalue weighted by Crippen LogP contribution is 2.14. The summed E-state index contributed by atoms with van der Waals surface area (Å²) in [7, 11) is 2.02. The molecule has 0 radical (unpaired) electrons. The van der Waals surface area contributed by atoms with Gasteiger partial charge in [-0.1, -0.05) is 36.4 Å². The zero-order chi connectivity index (χ0) is 14.7. The van der Waals surface area contributed by atoms with E-state index in [0.717, 1.165) is 10.9 Å². The molecule has 0 unspecified atom stereocenters. The van der Waals surface area contributed by atoms with E-state index >= 15 is 0 Å². The van der Waals surface area contributed by atoms with E-state index < -0.39 is 0 Å². The first kappa shape index (κ1) is 13.3. The fourth-order valence-corrected chi connectivity index (χ4v) is 2.36. The van der Waals surface area contributed by atoms with Crippen LogP contribution < -0.4 is 4.57 Å². The molecule has 0 atom stereocenters. The third kappa shape index (κ3) is 2.90. The largest absolute Gasteiger partial charge is 0.289 e. The van der Waals surface area contributed by atoms with Gasteiger partial charge in [-0.25, -0.2) is 4.57 Å². The molecule has 0 aliphatic heterocycles. The van der Waals surface area contributed by atoms with E-state index in [1.165, 1.54) is 5.52 Å². The minimum absolute atomic E-state index is 0.0225. The fraction of sp³-hybridized carbons (Fsp3) is 0.0526. The van der Waals surface area contributed by atoms with E-state index in [1.807, 2.05) is 61.8 Å². The number of carbonyl (C=O) groups excluding carboxylic acids is 1. The number of hydrogen-bond donors (Lipinski definition) is 0. The number of benzene rings is 2. The lowest BCUT2D eigenvalue weighted by Crippen LogP contribution is -2.27. The predicted molar refractivity (Wildman–Crippen MR) is 84.9 cm³/mol. The Hall–Kier alpha value is -2.74. The summed E-state index contributed by atoms with van der Waals surface area (Å²) in [6.45, 7) is 0. The molecule has 0 aliphatic carbocycles. The maximum atomic E-state index is 12.0. The molecule has 0 amide bonds. The highest BCUT2D eigenvalue weighted by molar-refractivity contribution is 6.06. The molecular weight excluding hydrogens is 258 g/mol. The lowest BCUT2D eigenvalue weighted by molar-refractivity contribution is -0.644. The topological polar surface area (TPSA) is 20.9 Å². The van der Waals surface area contributed by atoms with E-state index in [-0.39, 0.29) is 5.78 Å². The van der Waals surface area contributed by atoms with Gasteiger partial charge in [0, 0.05) is 23.1 Å². The Morgan fingerprint density at radius 1 is 1.00 bits per heavy atom. The van der Waals surface area contributed by atoms with Crippen molar-refractivity contribution in [1.82, 2.24) is 0 Å². The Morgan fingerprint density at radius 2 is 1.81 bits per heavy atom. The van der Waals surface area contributed by atoms with Crippen LogP contribution in [0.5, 0.6) is 0 Å². The monoisotopic (exact) mass is 274 g/mol. The summed E-state index contributed by atoms with van der Waals surface area (Å²) in [4.78, 5) is 12.0. The summed E-state index contributed by atoms with van der Waals surface area (Å²) >= 11 is 0. The van der Waals surface area contributed by atoms with Crippen LogP contribution in [0.1, 0.15) is 15.9 Å². The number of rotatable bonds is 3. The van der Waals surface area contributed by atoms with Crippen LogP contribution in [0.4, 0.5) is 0 Å². The minimum Gasteiger partial charge on any atom is -0.289 e. The first-order chi connectivity index (χ1) is 10.2. The lowest BCUT2D eigenvalue weighted by atomic mass is 10.1. The Labute approximate surface area is 124 Å². The lowest BCUT2D eigenvalue weighted by Gasteiger charge is -1.98. The van der Waals surface area contributed by atoms with Gasteiger partial charge in [-0.15, -0.1) is 0 Å². The highest BCUT2D eigenvalue weighted by Gasteiger charge is 2.04. The standard InChI is InChI=1S/C19H16NO/c1-20-13-5-8-17-14-15(9-11-18(17)20)10-12-19(21)16-6-3-2-4-7-16/h2-14H,1H3/q+1/b12-10+. The van der Waals surface area contributed by atoms with Crippen molar-refractivity contribution in [3.8, 4) is 0 Å². The summed E-state index contributed by atoms with van der Waals surface area (Å²) in [6, 6.07) is 19.6. The molecule has 0 saturated heterocycles. The van der Waals surface area contributed by atoms with E-state index in [4.69, 9.17) is 0 Å². The SMILES string of the molecule is C[n+]1cccc2cc(/C=C/C(=O)c3ccccc3)ccc21. The number of aryl methyl sites for hydroxylation is 1. The van der Waals surface area contributed by atoms with Crippen LogP contribution in [0.15, 0.2) is 72.9 Å². The summed E-state index contributed by atoms with van der Waals surface area (Å²) in [5, 5.41) is 1.16. The number of carbonyl (C=O) groups is 1. The van der Waals surface area contributed by atoms with Gasteiger partial charge in [0.2, 0.25) is 5.52 Å². The van der Waals surface area contributed by atoms with Crippen molar-refractivity contribution in [1.29, 1.82) is 0 Å². The number of allylic oxidation sites excluding steroid dienone is 1. The smallest absolute Gasteiger partial charge is 0.212 e. The summed E-state index contributed by atoms with van der Waals surface area (Å²) in [6.07, 6.45) is 5.51. The molecule has 1 heterocycles. The van der Waals surface area contributed by atoms with Crippen LogP contribution in [0.2, 0.25) is 0 Å². The van der Waals surface area contributed by atoms with Crippen molar-refractivity contribution in [2.75, 3.05) is 0 Å². The van der Waals surface area contributed by atoms with Gasteiger partial charge in [0.15, 0.2) is 12.0 Å². The first-order valence-electron chi connectivity index (χ1n) is 6.90. The Kier molecular flexibility index (Phi) is 3.61. The van der Waals surface area contributed by atoms with Crippen molar-refractivity contribution in [2.45, 2.75) is 0 Å². The van der Waals surface area contributed by atoms with Gasteiger partial charge in [-0.2, -0.15) is 0 Å². The van der Waals surface area contributed by atoms with Gasteiger partial charge < -0.3 is 0 Å². The molecule has 0 spiro atoms. The number of fused-ring (bicyclic) bond motifs is 1. The summed E-state index contributed by atoms with van der Waals surface area (Å²) in [5.74, 6) is 0.0225. The van der Waals surface area contributed by atoms with Gasteiger partial charge in [0.05, 0.1) is 0 Å². The van der Waals surface area contributed by atoms with Crippen LogP contribution in [0, 0.1) is 0 Å². The zero-order valence-corrected chi connectivity index (χ0v) is 11.9. The number of hydrogen-bond acceptors (Lipinski definition) is 1. The molecule has 102 valence electrons. The molecule has 1 aromatic heterocycles. The second-order valence-electron chi connectivity index (χ2n) is 5.00. The van der Waals surface area contributed by atoms with E-state index in [1.54, 1.807) is 6.08 Å². The fourth-order valence-electron chi connectivity index (χ4n) is 2.36. The Bertz CT molecular complexity index is 819. The normalized spacial score (nSPS) is 11.1. The van der Waals surface area contributed by atoms with Gasteiger partial charge >= 0.3 is 0 Å². The number of ketones is 1. The molecule has 21 heavy (non-hydrogen) atoms. The van der Waals surface area contributed by atoms with Crippen molar-refractivity contribution in [2.24, 2.45) is 7.05 Å². The van der Waals surface area contributed by atoms with Gasteiger partial charge in [-0.3, -0.25) is 4.79 Å². The molecular formula is C19H16NO+. The van der Waals surface area contributed by atoms with Crippen molar-refractivity contribution in [3.05, 3.63) is 84.1 Å². The molecule has 2 nitrogen and oxygen atoms in total. The molecule has 2 aromatic carbocycles. The van der Waals surface area contributed by atoms with Gasteiger partial charge in [0.25, 0.3) is 0 Å². The van der Waals surface area contributed by atoms with E-state index in [0.29, 0.717) is 5.56 Å². The van der Waals surface area contributed by atoms with Crippen LogP contribution in [-0.2, 0) is 7.05 Å². The zero-order valence-electron chi connectivity index (χ0n) is 11.9. The second kappa shape index (κ2) is 5.71. The maximum absolute atomic E-state index is 12.0. The first-order valence-corrected chi connectivity index (χ1v) is 6.90. The minimum atomic E-state index is 0.0225. The maximum Gasteiger partial charge on any atom is 0.212 e. The molecule has 0 fully saturated rings. The van der Waals surface area contributed by atoms with Crippen molar-refractivity contribution >= 4 is 22.8 Å². The molecule has 3 rings (SSSR count). The molecule has 0 saturated carbocycles. The van der Waals surface area contributed by atoms with Crippen molar-refractivity contribution in [3.63, 3.8) is 0 Å². The molecule has 0 aliphatic rings. The number of nitrogens with zero attached hydrogens (tertiary/aromatic N) is 1. The van der Waals surface area contributed by atoms with Crippen LogP contribution in [-0.4, -0.2) is 5.78 Å². The summed E-state index contributed by atoms with van der Waals surface area (Å²) < 4.78 is 2.08. The third-order valence-electron chi connectivity index (χ3n) is 3.50. The van der Waals surface area contributed by atoms with E-state index in [9.17, 15) is 4.79 Å². The number of aromatic nitrogens is 1. The van der Waals surface area contributed by atoms with Crippen molar-refractivity contribution < 1.29 is 9.36 Å². The number of pyridine rings is 1. The average Bonchev–Trinajstić information content (AvgIpc) is 2.53. The quantitative estimate of drug-likeness (QED) is 0.406. The molecule has 0 N–H and O–H groups in total. The molecule has 0 bridgehead atoms. The van der Waals surface area contributed by atoms with Gasteiger partial charge in [-0.05, 0) is 29.8 Å².